The number of amides is 4. The maximum Gasteiger partial charge on any atom is 0.354 e. The minimum Gasteiger partial charge on any atom is -0.477 e. The predicted molar refractivity (Wildman–Crippen MR) is 193 cm³/mol. The molecular weight excluding hydrogens is 654 g/mol. The van der Waals surface area contributed by atoms with Crippen LogP contribution in [-0.2, 0) is 0 Å². The Morgan fingerprint density at radius 1 is 0.725 bits per heavy atom. The Kier molecular flexibility index (Phi) is 10.3. The van der Waals surface area contributed by atoms with Gasteiger partial charge in [0.1, 0.15) is 17.3 Å². The molecule has 2 saturated heterocycles. The van der Waals surface area contributed by atoms with Crippen molar-refractivity contribution in [2.75, 3.05) is 63.5 Å². The Hall–Kier alpha value is -6.16. The molecule has 0 aliphatic carbocycles. The summed E-state index contributed by atoms with van der Waals surface area (Å²) in [5.74, 6) is 0.740. The third-order valence-electron chi connectivity index (χ3n) is 8.97. The number of nitrogens with two attached hydrogens (primary N) is 1. The Morgan fingerprint density at radius 3 is 1.63 bits per heavy atom. The van der Waals surface area contributed by atoms with Crippen molar-refractivity contribution in [1.82, 2.24) is 19.9 Å². The standard InChI is InChI=1S/C18H19N5O2.C16H15N5O3.CH5N/c1-2-15(24)13-6-7-14-17(20-13)23(12-8-10-22(14)11-12)18(25)21-16-5-3-4-9-19-16;22-15(23)11-4-5-12-14(18-11)21(10-6-8-20(12)9-10)16(24)19-13-3-1-2-7-17-13;1-2/h3-7,9,12H,2,8,10-11H2,1H3,(H,19,21,25);1-5,7,10H,6,8-9H2,(H,22,23)(H,17,19,24);2H2,1H3/t12-;10-;/m00./s1. The quantitative estimate of drug-likeness (QED) is 0.219. The number of anilines is 6. The number of hydrogen-bond acceptors (Lipinski definition) is 11. The lowest BCUT2D eigenvalue weighted by atomic mass is 10.1. The number of urea groups is 2. The van der Waals surface area contributed by atoms with Crippen LogP contribution in [0.3, 0.4) is 0 Å². The normalized spacial score (nSPS) is 17.5. The average Bonchev–Trinajstić information content (AvgIpc) is 3.78. The number of Topliss-reactive ketones (excluding diaryl/α,β-unsaturated/α-hetero) is 1. The molecule has 2 atom stereocenters. The number of aromatic nitrogens is 4. The van der Waals surface area contributed by atoms with Crippen molar-refractivity contribution >= 4 is 58.5 Å². The second-order valence-electron chi connectivity index (χ2n) is 12.0. The fourth-order valence-corrected chi connectivity index (χ4v) is 6.61. The molecule has 51 heavy (non-hydrogen) atoms. The van der Waals surface area contributed by atoms with Gasteiger partial charge in [-0.2, -0.15) is 0 Å². The van der Waals surface area contributed by atoms with Gasteiger partial charge in [0, 0.05) is 45.0 Å². The third kappa shape index (κ3) is 7.12. The van der Waals surface area contributed by atoms with Crippen LogP contribution in [0.2, 0.25) is 0 Å². The number of hydrogen-bond donors (Lipinski definition) is 4. The van der Waals surface area contributed by atoms with Gasteiger partial charge in [0.15, 0.2) is 23.1 Å². The van der Waals surface area contributed by atoms with Crippen LogP contribution in [0.5, 0.6) is 0 Å². The molecule has 8 rings (SSSR count). The first kappa shape index (κ1) is 34.7. The highest BCUT2D eigenvalue weighted by Crippen LogP contribution is 2.40. The van der Waals surface area contributed by atoms with Gasteiger partial charge in [-0.15, -0.1) is 0 Å². The molecule has 4 aromatic heterocycles. The maximum absolute atomic E-state index is 12.9. The summed E-state index contributed by atoms with van der Waals surface area (Å²) in [4.78, 5) is 73.5. The molecule has 2 fully saturated rings. The van der Waals surface area contributed by atoms with Crippen molar-refractivity contribution in [3.05, 3.63) is 84.4 Å². The predicted octanol–water partition coefficient (Wildman–Crippen LogP) is 4.08. The van der Waals surface area contributed by atoms with Crippen molar-refractivity contribution < 1.29 is 24.3 Å². The Morgan fingerprint density at radius 2 is 1.20 bits per heavy atom. The number of carbonyl (C=O) groups is 4. The van der Waals surface area contributed by atoms with E-state index in [1.54, 1.807) is 64.7 Å². The summed E-state index contributed by atoms with van der Waals surface area (Å²) in [5, 5.41) is 14.8. The minimum absolute atomic E-state index is 0.0270. The van der Waals surface area contributed by atoms with Crippen molar-refractivity contribution in [2.24, 2.45) is 5.73 Å². The molecule has 264 valence electrons. The smallest absolute Gasteiger partial charge is 0.354 e. The molecule has 16 heteroatoms. The molecule has 16 nitrogen and oxygen atoms in total. The summed E-state index contributed by atoms with van der Waals surface area (Å²) in [5.41, 5.74) is 6.51. The summed E-state index contributed by atoms with van der Waals surface area (Å²) in [6.45, 7) is 5.01. The van der Waals surface area contributed by atoms with E-state index in [0.29, 0.717) is 35.4 Å². The van der Waals surface area contributed by atoms with Gasteiger partial charge in [0.25, 0.3) is 0 Å². The Labute approximate surface area is 294 Å². The van der Waals surface area contributed by atoms with Crippen LogP contribution in [0.1, 0.15) is 47.2 Å². The largest absolute Gasteiger partial charge is 0.477 e. The van der Waals surface area contributed by atoms with Gasteiger partial charge in [-0.05, 0) is 68.4 Å². The fraction of sp³-hybridized carbons (Fsp3) is 0.314. The van der Waals surface area contributed by atoms with E-state index in [1.807, 2.05) is 19.1 Å². The van der Waals surface area contributed by atoms with Gasteiger partial charge in [-0.3, -0.25) is 25.2 Å². The Balaban J connectivity index is 0.000000168. The van der Waals surface area contributed by atoms with Crippen molar-refractivity contribution in [1.29, 1.82) is 0 Å². The van der Waals surface area contributed by atoms with Gasteiger partial charge in [0.2, 0.25) is 0 Å². The van der Waals surface area contributed by atoms with E-state index in [-0.39, 0.29) is 35.6 Å². The van der Waals surface area contributed by atoms with Gasteiger partial charge in [0.05, 0.1) is 23.5 Å². The van der Waals surface area contributed by atoms with Crippen molar-refractivity contribution in [2.45, 2.75) is 38.3 Å². The number of rotatable bonds is 5. The number of pyridine rings is 4. The SMILES string of the molecule is CCC(=O)c1ccc2c(n1)N(C(=O)Nc1ccccn1)[C@H]1CCN2C1.CN.O=C(O)c1ccc2c(n1)N(C(=O)Nc1ccccn1)[C@H]1CCN2C1. The van der Waals surface area contributed by atoms with Crippen LogP contribution >= 0.6 is 0 Å². The number of ketones is 1. The fourth-order valence-electron chi connectivity index (χ4n) is 6.61. The van der Waals surface area contributed by atoms with Gasteiger partial charge in [-0.1, -0.05) is 19.1 Å². The molecule has 0 radical (unpaired) electrons. The third-order valence-corrected chi connectivity index (χ3v) is 8.97. The number of nitrogens with one attached hydrogen (secondary N) is 2. The molecule has 0 saturated carbocycles. The number of carbonyl (C=O) groups excluding carboxylic acids is 3. The highest BCUT2D eigenvalue weighted by molar-refractivity contribution is 6.06. The lowest BCUT2D eigenvalue weighted by Crippen LogP contribution is -2.48. The molecule has 0 unspecified atom stereocenters. The van der Waals surface area contributed by atoms with E-state index < -0.39 is 5.97 Å². The summed E-state index contributed by atoms with van der Waals surface area (Å²) in [6.07, 6.45) is 5.31. The first-order chi connectivity index (χ1) is 24.8. The zero-order valence-corrected chi connectivity index (χ0v) is 28.3. The zero-order chi connectivity index (χ0) is 36.1. The summed E-state index contributed by atoms with van der Waals surface area (Å²) in [7, 11) is 1.50. The summed E-state index contributed by atoms with van der Waals surface area (Å²) >= 11 is 0. The average molecular weight is 694 g/mol. The molecule has 4 bridgehead atoms. The van der Waals surface area contributed by atoms with E-state index in [0.717, 1.165) is 50.4 Å². The molecule has 4 aliphatic rings. The Bertz CT molecular complexity index is 1910. The van der Waals surface area contributed by atoms with E-state index in [1.165, 1.54) is 13.1 Å². The van der Waals surface area contributed by atoms with Gasteiger partial charge < -0.3 is 20.6 Å². The van der Waals surface area contributed by atoms with E-state index in [2.05, 4.69) is 46.1 Å². The molecule has 4 aromatic rings. The molecular formula is C35H39N11O5. The molecule has 4 amide bonds. The van der Waals surface area contributed by atoms with Crippen LogP contribution in [0.4, 0.5) is 44.2 Å². The van der Waals surface area contributed by atoms with Gasteiger partial charge >= 0.3 is 18.0 Å². The first-order valence-corrected chi connectivity index (χ1v) is 16.7. The monoisotopic (exact) mass is 693 g/mol. The lowest BCUT2D eigenvalue weighted by molar-refractivity contribution is 0.0690. The summed E-state index contributed by atoms with van der Waals surface area (Å²) in [6, 6.07) is 16.8. The highest BCUT2D eigenvalue weighted by Gasteiger charge is 2.42. The number of fused-ring (bicyclic) bond motifs is 8. The van der Waals surface area contributed by atoms with Crippen LogP contribution in [-0.4, -0.2) is 94.2 Å². The zero-order valence-electron chi connectivity index (χ0n) is 28.3. The van der Waals surface area contributed by atoms with Crippen molar-refractivity contribution in [3.8, 4) is 0 Å². The van der Waals surface area contributed by atoms with Crippen molar-refractivity contribution in [3.63, 3.8) is 0 Å². The second-order valence-corrected chi connectivity index (χ2v) is 12.0. The van der Waals surface area contributed by atoms with E-state index >= 15 is 0 Å². The maximum atomic E-state index is 12.9. The number of carboxylic acids is 1. The molecule has 5 N–H and O–H groups in total. The molecule has 4 aliphatic heterocycles. The number of carboxylic acid groups (broad SMARTS) is 1. The summed E-state index contributed by atoms with van der Waals surface area (Å²) < 4.78 is 0. The molecule has 8 heterocycles. The topological polar surface area (TPSA) is 203 Å². The first-order valence-electron chi connectivity index (χ1n) is 16.7. The molecule has 0 aromatic carbocycles. The van der Waals surface area contributed by atoms with E-state index in [9.17, 15) is 24.3 Å². The van der Waals surface area contributed by atoms with Crippen LogP contribution in [0.15, 0.2) is 73.1 Å². The number of nitrogens with zero attached hydrogens (tertiary/aromatic N) is 8. The van der Waals surface area contributed by atoms with E-state index in [4.69, 9.17) is 0 Å². The van der Waals surface area contributed by atoms with Gasteiger partial charge in [-0.25, -0.2) is 34.3 Å². The van der Waals surface area contributed by atoms with Crippen LogP contribution < -0.4 is 36.0 Å². The van der Waals surface area contributed by atoms with Crippen LogP contribution in [0, 0.1) is 0 Å². The minimum atomic E-state index is -1.11. The molecule has 0 spiro atoms. The second kappa shape index (κ2) is 15.2. The highest BCUT2D eigenvalue weighted by atomic mass is 16.4. The lowest BCUT2D eigenvalue weighted by Gasteiger charge is -2.35. The number of aromatic carboxylic acids is 1. The van der Waals surface area contributed by atoms with Crippen LogP contribution in [0.25, 0.3) is 0 Å².